The fourth-order valence-electron chi connectivity index (χ4n) is 10.6. The Labute approximate surface area is 312 Å². The number of Topliss-reactive ketones (excluding diaryl/α,β-unsaturated/α-hetero) is 3. The van der Waals surface area contributed by atoms with Gasteiger partial charge in [0.2, 0.25) is 0 Å². The van der Waals surface area contributed by atoms with Crippen LogP contribution in [0.2, 0.25) is 0 Å². The minimum absolute atomic E-state index is 0.307. The summed E-state index contributed by atoms with van der Waals surface area (Å²) < 4.78 is 0. The van der Waals surface area contributed by atoms with Crippen LogP contribution < -0.4 is 0 Å². The van der Waals surface area contributed by atoms with Crippen molar-refractivity contribution >= 4 is 17.3 Å². The molecule has 0 aromatic heterocycles. The van der Waals surface area contributed by atoms with E-state index in [1.165, 1.54) is 77.0 Å². The van der Waals surface area contributed by atoms with Gasteiger partial charge in [-0.15, -0.1) is 19.7 Å². The number of hydrogen-bond donors (Lipinski definition) is 0. The molecule has 0 aromatic rings. The van der Waals surface area contributed by atoms with Crippen molar-refractivity contribution in [3.8, 4) is 0 Å². The standard InChI is InChI=1S/3C16H24O/c3*1-3-4-9-16(17)14-10-12(2)15-8-6-5-7-13(15)11-14/h3,12,14H,1,4-11H2,2H3;3,11-13,15H,1,4-10H2,2H3;3,10,12-13,15H,1,4-9,11H2,2H3. The van der Waals surface area contributed by atoms with Crippen molar-refractivity contribution in [3.05, 3.63) is 72.4 Å². The molecular weight excluding hydrogens is 625 g/mol. The molecule has 8 atom stereocenters. The van der Waals surface area contributed by atoms with Crippen LogP contribution in [-0.2, 0) is 14.4 Å². The smallest absolute Gasteiger partial charge is 0.158 e. The van der Waals surface area contributed by atoms with E-state index < -0.39 is 0 Å². The first kappa shape index (κ1) is 41.2. The summed E-state index contributed by atoms with van der Waals surface area (Å²) in [6.07, 6.45) is 34.9. The summed E-state index contributed by atoms with van der Waals surface area (Å²) in [6, 6.07) is 0. The second kappa shape index (κ2) is 21.2. The molecule has 0 amide bonds. The summed E-state index contributed by atoms with van der Waals surface area (Å²) >= 11 is 0. The topological polar surface area (TPSA) is 51.2 Å². The molecule has 0 aliphatic heterocycles. The molecule has 8 unspecified atom stereocenters. The van der Waals surface area contributed by atoms with Gasteiger partial charge in [-0.05, 0) is 149 Å². The Kier molecular flexibility index (Phi) is 17.2. The number of carbonyl (C=O) groups is 3. The molecule has 0 aromatic carbocycles. The Bertz CT molecular complexity index is 1310. The molecule has 51 heavy (non-hydrogen) atoms. The zero-order valence-electron chi connectivity index (χ0n) is 32.9. The van der Waals surface area contributed by atoms with Crippen molar-refractivity contribution in [3.63, 3.8) is 0 Å². The fraction of sp³-hybridized carbons (Fsp3) is 0.688. The summed E-state index contributed by atoms with van der Waals surface area (Å²) in [5.74, 6) is 6.62. The molecule has 0 bridgehead atoms. The van der Waals surface area contributed by atoms with E-state index in [4.69, 9.17) is 0 Å². The number of fused-ring (bicyclic) bond motifs is 2. The monoisotopic (exact) mass is 697 g/mol. The maximum absolute atomic E-state index is 12.1. The molecule has 2 saturated carbocycles. The van der Waals surface area contributed by atoms with Crippen molar-refractivity contribution in [1.82, 2.24) is 0 Å². The minimum atomic E-state index is 0.307. The van der Waals surface area contributed by atoms with Crippen LogP contribution in [0.5, 0.6) is 0 Å². The first-order valence-corrected chi connectivity index (χ1v) is 21.2. The summed E-state index contributed by atoms with van der Waals surface area (Å²) in [7, 11) is 0. The highest BCUT2D eigenvalue weighted by molar-refractivity contribution is 5.96. The molecule has 6 rings (SSSR count). The van der Waals surface area contributed by atoms with E-state index >= 15 is 0 Å². The van der Waals surface area contributed by atoms with Gasteiger partial charge in [-0.25, -0.2) is 0 Å². The average molecular weight is 697 g/mol. The van der Waals surface area contributed by atoms with E-state index in [0.29, 0.717) is 66.2 Å². The van der Waals surface area contributed by atoms with Crippen molar-refractivity contribution in [1.29, 1.82) is 0 Å². The van der Waals surface area contributed by atoms with Crippen molar-refractivity contribution in [2.24, 2.45) is 47.3 Å². The lowest BCUT2D eigenvalue weighted by Crippen LogP contribution is -2.30. The predicted molar refractivity (Wildman–Crippen MR) is 215 cm³/mol. The third-order valence-corrected chi connectivity index (χ3v) is 13.4. The van der Waals surface area contributed by atoms with Crippen LogP contribution in [0.3, 0.4) is 0 Å². The normalized spacial score (nSPS) is 31.3. The van der Waals surface area contributed by atoms with Crippen LogP contribution >= 0.6 is 0 Å². The van der Waals surface area contributed by atoms with Gasteiger partial charge in [0.25, 0.3) is 0 Å². The Balaban J connectivity index is 0.000000172. The van der Waals surface area contributed by atoms with Gasteiger partial charge in [0.1, 0.15) is 5.78 Å². The lowest BCUT2D eigenvalue weighted by Gasteiger charge is -2.38. The van der Waals surface area contributed by atoms with Crippen molar-refractivity contribution in [2.45, 2.75) is 162 Å². The average Bonchev–Trinajstić information content (AvgIpc) is 3.15. The number of carbonyl (C=O) groups excluding carboxylic acids is 3. The summed E-state index contributed by atoms with van der Waals surface area (Å²) in [4.78, 5) is 36.2. The van der Waals surface area contributed by atoms with E-state index in [9.17, 15) is 14.4 Å². The van der Waals surface area contributed by atoms with E-state index in [2.05, 4.69) is 52.7 Å². The summed E-state index contributed by atoms with van der Waals surface area (Å²) in [5.41, 5.74) is 5.56. The van der Waals surface area contributed by atoms with Gasteiger partial charge in [-0.1, -0.05) is 88.0 Å². The van der Waals surface area contributed by atoms with Gasteiger partial charge >= 0.3 is 0 Å². The summed E-state index contributed by atoms with van der Waals surface area (Å²) in [5, 5.41) is 0. The highest BCUT2D eigenvalue weighted by atomic mass is 16.1. The number of allylic oxidation sites excluding steroid dienone is 9. The summed E-state index contributed by atoms with van der Waals surface area (Å²) in [6.45, 7) is 18.0. The molecule has 0 saturated heterocycles. The van der Waals surface area contributed by atoms with Crippen molar-refractivity contribution < 1.29 is 14.4 Å². The zero-order valence-corrected chi connectivity index (χ0v) is 32.9. The molecule has 0 radical (unpaired) electrons. The molecule has 6 aliphatic carbocycles. The molecule has 0 N–H and O–H groups in total. The number of rotatable bonds is 12. The largest absolute Gasteiger partial charge is 0.299 e. The van der Waals surface area contributed by atoms with Gasteiger partial charge in [-0.2, -0.15) is 0 Å². The maximum Gasteiger partial charge on any atom is 0.158 e. The molecule has 282 valence electrons. The van der Waals surface area contributed by atoms with Crippen LogP contribution in [0.15, 0.2) is 72.4 Å². The van der Waals surface area contributed by atoms with Gasteiger partial charge in [0.05, 0.1) is 0 Å². The van der Waals surface area contributed by atoms with Crippen molar-refractivity contribution in [2.75, 3.05) is 0 Å². The van der Waals surface area contributed by atoms with Crippen LogP contribution in [0, 0.1) is 47.3 Å². The fourth-order valence-corrected chi connectivity index (χ4v) is 10.6. The highest BCUT2D eigenvalue weighted by Crippen LogP contribution is 2.45. The maximum atomic E-state index is 12.1. The molecule has 3 heteroatoms. The molecular formula is C48H72O3. The quantitative estimate of drug-likeness (QED) is 0.191. The first-order valence-electron chi connectivity index (χ1n) is 21.2. The Morgan fingerprint density at radius 3 is 1.94 bits per heavy atom. The highest BCUT2D eigenvalue weighted by Gasteiger charge is 2.35. The third-order valence-electron chi connectivity index (χ3n) is 13.4. The molecule has 0 spiro atoms. The van der Waals surface area contributed by atoms with E-state index in [-0.39, 0.29) is 0 Å². The second-order valence-electron chi connectivity index (χ2n) is 17.1. The van der Waals surface area contributed by atoms with E-state index in [1.54, 1.807) is 11.1 Å². The van der Waals surface area contributed by atoms with Gasteiger partial charge in [0, 0.05) is 25.2 Å². The van der Waals surface area contributed by atoms with Crippen LogP contribution in [-0.4, -0.2) is 17.3 Å². The Morgan fingerprint density at radius 1 is 0.667 bits per heavy atom. The molecule has 0 heterocycles. The lowest BCUT2D eigenvalue weighted by molar-refractivity contribution is -0.123. The number of ketones is 3. The third kappa shape index (κ3) is 12.0. The van der Waals surface area contributed by atoms with Gasteiger partial charge in [0.15, 0.2) is 11.6 Å². The van der Waals surface area contributed by atoms with Crippen LogP contribution in [0.1, 0.15) is 162 Å². The van der Waals surface area contributed by atoms with Gasteiger partial charge in [-0.3, -0.25) is 14.4 Å². The predicted octanol–water partition coefficient (Wildman–Crippen LogP) is 13.0. The van der Waals surface area contributed by atoms with E-state index in [0.717, 1.165) is 73.8 Å². The Hall–Kier alpha value is -2.55. The van der Waals surface area contributed by atoms with E-state index in [1.807, 2.05) is 18.2 Å². The zero-order chi connectivity index (χ0) is 36.8. The lowest BCUT2D eigenvalue weighted by atomic mass is 9.66. The molecule has 2 fully saturated rings. The van der Waals surface area contributed by atoms with Gasteiger partial charge < -0.3 is 0 Å². The number of hydrogen-bond acceptors (Lipinski definition) is 3. The Morgan fingerprint density at radius 2 is 1.25 bits per heavy atom. The first-order chi connectivity index (χ1) is 24.7. The molecule has 3 nitrogen and oxygen atoms in total. The van der Waals surface area contributed by atoms with Crippen LogP contribution in [0.4, 0.5) is 0 Å². The SMILES string of the molecule is C=CCCC(=O)C1=CC(C)C2CCCCC2C1.C=CCCC(=O)C1=CC2CCCCC2C(C)C1.C=CCCC(=O)C1CC2=C(CCCC2)C(C)C1. The molecule has 6 aliphatic rings. The van der Waals surface area contributed by atoms with Crippen LogP contribution in [0.25, 0.3) is 0 Å². The minimum Gasteiger partial charge on any atom is -0.299 e. The second-order valence-corrected chi connectivity index (χ2v) is 17.1.